The Bertz CT molecular complexity index is 347. The van der Waals surface area contributed by atoms with Gasteiger partial charge in [-0.15, -0.1) is 0 Å². The minimum atomic E-state index is 0.551. The molecule has 0 aliphatic heterocycles. The molecule has 0 aromatic heterocycles. The molecule has 0 amide bonds. The molecule has 0 aliphatic carbocycles. The second kappa shape index (κ2) is 7.42. The van der Waals surface area contributed by atoms with Gasteiger partial charge in [0.1, 0.15) is 0 Å². The Morgan fingerprint density at radius 1 is 1.28 bits per heavy atom. The lowest BCUT2D eigenvalue weighted by atomic mass is 10.0. The highest BCUT2D eigenvalue weighted by Gasteiger charge is 2.15. The van der Waals surface area contributed by atoms with Crippen LogP contribution in [0.3, 0.4) is 0 Å². The lowest BCUT2D eigenvalue weighted by Gasteiger charge is -2.29. The second-order valence-corrected chi connectivity index (χ2v) is 5.52. The van der Waals surface area contributed by atoms with E-state index in [1.807, 2.05) is 0 Å². The van der Waals surface area contributed by atoms with Gasteiger partial charge in [0.15, 0.2) is 0 Å². The number of nitrogens with zero attached hydrogens (tertiary/aromatic N) is 1. The molecule has 0 spiro atoms. The normalized spacial score (nSPS) is 12.8. The number of anilines is 1. The van der Waals surface area contributed by atoms with Crippen molar-refractivity contribution in [1.29, 1.82) is 0 Å². The van der Waals surface area contributed by atoms with Gasteiger partial charge >= 0.3 is 0 Å². The average molecular weight is 248 g/mol. The van der Waals surface area contributed by atoms with E-state index in [4.69, 9.17) is 0 Å². The molecule has 0 saturated carbocycles. The number of benzene rings is 1. The lowest BCUT2D eigenvalue weighted by molar-refractivity contribution is 0.402. The van der Waals surface area contributed by atoms with E-state index in [2.05, 4.69) is 69.2 Å². The van der Waals surface area contributed by atoms with Crippen LogP contribution in [0.4, 0.5) is 5.69 Å². The molecule has 0 aliphatic rings. The first-order valence-corrected chi connectivity index (χ1v) is 7.05. The summed E-state index contributed by atoms with van der Waals surface area (Å²) < 4.78 is 0. The molecular formula is C16H28N2. The van der Waals surface area contributed by atoms with Gasteiger partial charge in [0.2, 0.25) is 0 Å². The van der Waals surface area contributed by atoms with Crippen LogP contribution in [0, 0.1) is 12.8 Å². The molecule has 0 heterocycles. The summed E-state index contributed by atoms with van der Waals surface area (Å²) in [4.78, 5) is 2.35. The van der Waals surface area contributed by atoms with E-state index in [9.17, 15) is 0 Å². The summed E-state index contributed by atoms with van der Waals surface area (Å²) in [6.45, 7) is 11.1. The van der Waals surface area contributed by atoms with Crippen LogP contribution in [0.25, 0.3) is 0 Å². The van der Waals surface area contributed by atoms with Crippen LogP contribution < -0.4 is 10.2 Å². The fraction of sp³-hybridized carbons (Fsp3) is 0.625. The molecule has 1 atom stereocenters. The minimum Gasteiger partial charge on any atom is -0.373 e. The van der Waals surface area contributed by atoms with Crippen molar-refractivity contribution >= 4 is 5.69 Å². The Morgan fingerprint density at radius 3 is 2.56 bits per heavy atom. The van der Waals surface area contributed by atoms with Crippen molar-refractivity contribution in [3.05, 3.63) is 29.8 Å². The topological polar surface area (TPSA) is 15.3 Å². The van der Waals surface area contributed by atoms with Gasteiger partial charge in [-0.3, -0.25) is 0 Å². The quantitative estimate of drug-likeness (QED) is 0.795. The van der Waals surface area contributed by atoms with Crippen molar-refractivity contribution in [1.82, 2.24) is 5.32 Å². The Morgan fingerprint density at radius 2 is 2.00 bits per heavy atom. The number of hydrogen-bond acceptors (Lipinski definition) is 2. The summed E-state index contributed by atoms with van der Waals surface area (Å²) in [6, 6.07) is 9.26. The Balaban J connectivity index is 2.63. The van der Waals surface area contributed by atoms with E-state index in [0.717, 1.165) is 13.1 Å². The fourth-order valence-corrected chi connectivity index (χ4v) is 2.11. The first-order valence-electron chi connectivity index (χ1n) is 7.05. The molecule has 1 aromatic carbocycles. The summed E-state index contributed by atoms with van der Waals surface area (Å²) in [7, 11) is 2.18. The van der Waals surface area contributed by atoms with Crippen molar-refractivity contribution < 1.29 is 0 Å². The molecule has 0 radical (unpaired) electrons. The van der Waals surface area contributed by atoms with Crippen molar-refractivity contribution in [2.45, 2.75) is 40.2 Å². The van der Waals surface area contributed by atoms with Crippen molar-refractivity contribution in [2.75, 3.05) is 25.0 Å². The highest BCUT2D eigenvalue weighted by molar-refractivity contribution is 5.47. The third kappa shape index (κ3) is 4.69. The fourth-order valence-electron chi connectivity index (χ4n) is 2.11. The van der Waals surface area contributed by atoms with E-state index >= 15 is 0 Å². The van der Waals surface area contributed by atoms with E-state index in [-0.39, 0.29) is 0 Å². The van der Waals surface area contributed by atoms with E-state index in [0.29, 0.717) is 12.0 Å². The molecular weight excluding hydrogens is 220 g/mol. The lowest BCUT2D eigenvalue weighted by Crippen LogP contribution is -2.43. The maximum Gasteiger partial charge on any atom is 0.0366 e. The number of hydrogen-bond donors (Lipinski definition) is 1. The van der Waals surface area contributed by atoms with Crippen LogP contribution in [0.2, 0.25) is 0 Å². The molecule has 102 valence electrons. The van der Waals surface area contributed by atoms with E-state index < -0.39 is 0 Å². The molecule has 0 bridgehead atoms. The van der Waals surface area contributed by atoms with Gasteiger partial charge in [-0.2, -0.15) is 0 Å². The third-order valence-electron chi connectivity index (χ3n) is 3.37. The van der Waals surface area contributed by atoms with Crippen LogP contribution in [0.5, 0.6) is 0 Å². The van der Waals surface area contributed by atoms with E-state index in [1.54, 1.807) is 0 Å². The largest absolute Gasteiger partial charge is 0.373 e. The van der Waals surface area contributed by atoms with Crippen LogP contribution in [-0.2, 0) is 0 Å². The number of rotatable bonds is 7. The molecule has 1 rings (SSSR count). The molecule has 2 heteroatoms. The minimum absolute atomic E-state index is 0.551. The number of aryl methyl sites for hydroxylation is 1. The zero-order valence-electron chi connectivity index (χ0n) is 12.5. The summed E-state index contributed by atoms with van der Waals surface area (Å²) in [5.41, 5.74) is 2.63. The van der Waals surface area contributed by atoms with Crippen molar-refractivity contribution in [3.63, 3.8) is 0 Å². The second-order valence-electron chi connectivity index (χ2n) is 5.52. The van der Waals surface area contributed by atoms with Crippen LogP contribution in [0.15, 0.2) is 24.3 Å². The highest BCUT2D eigenvalue weighted by atomic mass is 15.1. The number of likely N-dealkylation sites (N-methyl/N-ethyl adjacent to an activating group) is 1. The van der Waals surface area contributed by atoms with Gasteiger partial charge in [-0.05, 0) is 43.5 Å². The van der Waals surface area contributed by atoms with Gasteiger partial charge in [0.25, 0.3) is 0 Å². The molecule has 0 saturated heterocycles. The molecule has 0 fully saturated rings. The molecule has 1 aromatic rings. The van der Waals surface area contributed by atoms with Gasteiger partial charge in [0, 0.05) is 25.3 Å². The maximum atomic E-state index is 3.64. The summed E-state index contributed by atoms with van der Waals surface area (Å²) >= 11 is 0. The predicted molar refractivity (Wildman–Crippen MR) is 81.4 cm³/mol. The Kier molecular flexibility index (Phi) is 6.20. The third-order valence-corrected chi connectivity index (χ3v) is 3.37. The van der Waals surface area contributed by atoms with Gasteiger partial charge in [0.05, 0.1) is 0 Å². The Hall–Kier alpha value is -1.02. The van der Waals surface area contributed by atoms with Crippen LogP contribution >= 0.6 is 0 Å². The van der Waals surface area contributed by atoms with Crippen molar-refractivity contribution in [3.8, 4) is 0 Å². The summed E-state index contributed by atoms with van der Waals surface area (Å²) in [6.07, 6.45) is 1.19. The SMILES string of the molecule is CCCNC(CN(C)c1cccc(C)c1)C(C)C. The Labute approximate surface area is 112 Å². The summed E-state index contributed by atoms with van der Waals surface area (Å²) in [5.74, 6) is 0.656. The first kappa shape index (κ1) is 15.0. The standard InChI is InChI=1S/C16H28N2/c1-6-10-17-16(13(2)3)12-18(5)15-9-7-8-14(4)11-15/h7-9,11,13,16-17H,6,10,12H2,1-5H3. The van der Waals surface area contributed by atoms with Gasteiger partial charge in [-0.25, -0.2) is 0 Å². The maximum absolute atomic E-state index is 3.64. The molecule has 1 N–H and O–H groups in total. The summed E-state index contributed by atoms with van der Waals surface area (Å²) in [5, 5.41) is 3.64. The first-order chi connectivity index (χ1) is 8.54. The van der Waals surface area contributed by atoms with Crippen molar-refractivity contribution in [2.24, 2.45) is 5.92 Å². The monoisotopic (exact) mass is 248 g/mol. The molecule has 2 nitrogen and oxygen atoms in total. The van der Waals surface area contributed by atoms with E-state index in [1.165, 1.54) is 17.7 Å². The van der Waals surface area contributed by atoms with Crippen LogP contribution in [0.1, 0.15) is 32.8 Å². The zero-order chi connectivity index (χ0) is 13.5. The molecule has 18 heavy (non-hydrogen) atoms. The predicted octanol–water partition coefficient (Wildman–Crippen LogP) is 3.46. The van der Waals surface area contributed by atoms with Gasteiger partial charge < -0.3 is 10.2 Å². The van der Waals surface area contributed by atoms with Gasteiger partial charge in [-0.1, -0.05) is 32.9 Å². The smallest absolute Gasteiger partial charge is 0.0366 e. The average Bonchev–Trinajstić information content (AvgIpc) is 2.33. The zero-order valence-corrected chi connectivity index (χ0v) is 12.5. The van der Waals surface area contributed by atoms with Crippen LogP contribution in [-0.4, -0.2) is 26.2 Å². The number of nitrogens with one attached hydrogen (secondary N) is 1. The molecule has 1 unspecified atom stereocenters. The highest BCUT2D eigenvalue weighted by Crippen LogP contribution is 2.15.